The molecule has 4 aliphatic rings. The van der Waals surface area contributed by atoms with E-state index in [0.717, 1.165) is 93.5 Å². The van der Waals surface area contributed by atoms with E-state index >= 15 is 0 Å². The average molecular weight is 984 g/mol. The maximum absolute atomic E-state index is 6.44. The quantitative estimate of drug-likeness (QED) is 0.130. The number of fused-ring (bicyclic) bond motifs is 6. The number of aryl methyl sites for hydroxylation is 4. The van der Waals surface area contributed by atoms with Gasteiger partial charge in [0.05, 0.1) is 53.2 Å². The summed E-state index contributed by atoms with van der Waals surface area (Å²) in [6.07, 6.45) is 13.0. The third kappa shape index (κ3) is 9.38. The zero-order valence-corrected chi connectivity index (χ0v) is 40.9. The molecule has 12 rings (SSSR count). The van der Waals surface area contributed by atoms with Gasteiger partial charge in [-0.25, -0.2) is 29.9 Å². The van der Waals surface area contributed by atoms with Crippen LogP contribution in [0.1, 0.15) is 103 Å². The summed E-state index contributed by atoms with van der Waals surface area (Å²) in [7, 11) is 1.63. The minimum absolute atomic E-state index is 0. The average Bonchev–Trinajstić information content (AvgIpc) is 4.17. The van der Waals surface area contributed by atoms with Crippen molar-refractivity contribution in [3.63, 3.8) is 0 Å². The standard InChI is InChI=1S/C27H31N5O3.C26H28ClN5O2.2CH4/c1-15-11-17-7-5-16(12-20(17)31-24(15)28)6-8-18-13-21(23-22(18)34-27(2,3)35-23)32-10-9-19-25(32)29-14-30-26(19)33-4;1-14-10-16-6-4-15(11-19(16)31-24(14)28)5-7-17-12-20(22-21(17)33-26(2,3)34-22)32-9-8-18-23(27)29-13-30-25(18)32;;/h5,7,9-12,14,18,21-23H,6,8,13H2,1-4H3,(H2,28,31);4,6,8-11,13,17,20-22H,5,7,12H2,1-3H3,(H2,28,31);2*1H4/t18-,21+,22+,23-;17-,20+,21+,22-;;/m00../s1. The molecule has 8 heterocycles. The lowest BCUT2D eigenvalue weighted by Gasteiger charge is -2.24. The predicted octanol–water partition coefficient (Wildman–Crippen LogP) is 11.1. The second-order valence-electron chi connectivity index (χ2n) is 20.2. The molecule has 71 heavy (non-hydrogen) atoms. The zero-order chi connectivity index (χ0) is 47.9. The molecule has 15 nitrogen and oxygen atoms in total. The van der Waals surface area contributed by atoms with Crippen molar-refractivity contribution >= 4 is 67.1 Å². The van der Waals surface area contributed by atoms with Crippen LogP contribution in [-0.2, 0) is 31.8 Å². The van der Waals surface area contributed by atoms with Gasteiger partial charge < -0.3 is 44.3 Å². The van der Waals surface area contributed by atoms with Gasteiger partial charge in [0.15, 0.2) is 11.6 Å². The number of halogens is 1. The highest BCUT2D eigenvalue weighted by Gasteiger charge is 2.55. The Bertz CT molecular complexity index is 3250. The summed E-state index contributed by atoms with van der Waals surface area (Å²) in [6, 6.07) is 21.4. The first kappa shape index (κ1) is 50.0. The molecule has 16 heteroatoms. The molecule has 8 atom stereocenters. The van der Waals surface area contributed by atoms with Gasteiger partial charge in [-0.15, -0.1) is 0 Å². The fraction of sp³-hybridized carbons (Fsp3) is 0.455. The number of nitrogens with two attached hydrogens (primary N) is 2. The number of hydrogen-bond donors (Lipinski definition) is 2. The number of anilines is 2. The molecule has 0 unspecified atom stereocenters. The summed E-state index contributed by atoms with van der Waals surface area (Å²) < 4.78 is 35.5. The van der Waals surface area contributed by atoms with Crippen molar-refractivity contribution in [2.45, 2.75) is 143 Å². The third-order valence-corrected chi connectivity index (χ3v) is 15.1. The van der Waals surface area contributed by atoms with E-state index in [2.05, 4.69) is 93.8 Å². The Labute approximate surface area is 420 Å². The van der Waals surface area contributed by atoms with Crippen molar-refractivity contribution in [3.05, 3.63) is 113 Å². The number of rotatable bonds is 9. The van der Waals surface area contributed by atoms with E-state index in [4.69, 9.17) is 46.8 Å². The van der Waals surface area contributed by atoms with Crippen LogP contribution in [0.2, 0.25) is 5.15 Å². The molecule has 6 aromatic heterocycles. The van der Waals surface area contributed by atoms with Gasteiger partial charge in [-0.1, -0.05) is 50.7 Å². The molecule has 0 radical (unpaired) electrons. The van der Waals surface area contributed by atoms with Crippen molar-refractivity contribution in [2.24, 2.45) is 11.8 Å². The Morgan fingerprint density at radius 2 is 1.07 bits per heavy atom. The number of benzene rings is 2. The Morgan fingerprint density at radius 3 is 1.56 bits per heavy atom. The summed E-state index contributed by atoms with van der Waals surface area (Å²) >= 11 is 6.31. The number of aromatic nitrogens is 8. The van der Waals surface area contributed by atoms with Gasteiger partial charge in [0.1, 0.15) is 52.9 Å². The number of nitrogen functional groups attached to an aromatic ring is 2. The lowest BCUT2D eigenvalue weighted by atomic mass is 9.95. The first-order chi connectivity index (χ1) is 33.1. The van der Waals surface area contributed by atoms with E-state index in [0.29, 0.717) is 34.5 Å². The number of ether oxygens (including phenoxy) is 5. The number of methoxy groups -OCH3 is 1. The molecule has 4 fully saturated rings. The van der Waals surface area contributed by atoms with Crippen LogP contribution in [-0.4, -0.2) is 82.1 Å². The number of pyridine rings is 2. The Hall–Kier alpha value is -5.97. The summed E-state index contributed by atoms with van der Waals surface area (Å²) in [4.78, 5) is 26.6. The van der Waals surface area contributed by atoms with Gasteiger partial charge in [-0.05, 0) is 151 Å². The SMILES string of the molecule is C.C.COc1ncnc2c1ccn2[C@@H]1C[C@H](CCc2ccc3cc(C)c(N)nc3c2)[C@H]2OC(C)(C)O[C@H]21.Cc1cc2ccc(CC[C@H]3C[C@@H](n4ccc5c(Cl)ncnc54)[C@@H]4OC(C)(C)O[C@H]34)cc2nc1N. The van der Waals surface area contributed by atoms with Crippen LogP contribution in [0.4, 0.5) is 11.6 Å². The maximum atomic E-state index is 6.44. The monoisotopic (exact) mass is 982 g/mol. The largest absolute Gasteiger partial charge is 0.480 e. The first-order valence-corrected chi connectivity index (χ1v) is 24.3. The van der Waals surface area contributed by atoms with Gasteiger partial charge in [-0.2, -0.15) is 0 Å². The molecule has 4 N–H and O–H groups in total. The van der Waals surface area contributed by atoms with E-state index in [1.165, 1.54) is 17.5 Å². The third-order valence-electron chi connectivity index (χ3n) is 14.8. The van der Waals surface area contributed by atoms with Crippen LogP contribution in [0.25, 0.3) is 43.9 Å². The molecular weight excluding hydrogens is 916 g/mol. The van der Waals surface area contributed by atoms with Crippen molar-refractivity contribution in [1.82, 2.24) is 39.0 Å². The summed E-state index contributed by atoms with van der Waals surface area (Å²) in [5, 5.41) is 4.48. The number of hydrogen-bond acceptors (Lipinski definition) is 13. The molecule has 0 bridgehead atoms. The van der Waals surface area contributed by atoms with Crippen LogP contribution < -0.4 is 16.2 Å². The van der Waals surface area contributed by atoms with Gasteiger partial charge in [-0.3, -0.25) is 0 Å². The van der Waals surface area contributed by atoms with Crippen LogP contribution in [0.3, 0.4) is 0 Å². The fourth-order valence-corrected chi connectivity index (χ4v) is 11.7. The van der Waals surface area contributed by atoms with E-state index in [1.54, 1.807) is 13.4 Å². The smallest absolute Gasteiger partial charge is 0.225 e. The van der Waals surface area contributed by atoms with Crippen LogP contribution in [0.5, 0.6) is 5.88 Å². The predicted molar refractivity (Wildman–Crippen MR) is 280 cm³/mol. The van der Waals surface area contributed by atoms with E-state index in [1.807, 2.05) is 59.9 Å². The topological polar surface area (TPSA) is 185 Å². The van der Waals surface area contributed by atoms with E-state index < -0.39 is 11.6 Å². The normalized spacial score (nSPS) is 24.9. The minimum atomic E-state index is -0.607. The Balaban J connectivity index is 0.000000171. The molecule has 2 saturated heterocycles. The summed E-state index contributed by atoms with van der Waals surface area (Å²) in [5.74, 6) is 1.28. The fourth-order valence-electron chi connectivity index (χ4n) is 11.5. The Morgan fingerprint density at radius 1 is 0.620 bits per heavy atom. The highest BCUT2D eigenvalue weighted by atomic mass is 35.5. The first-order valence-electron chi connectivity index (χ1n) is 24.0. The highest BCUT2D eigenvalue weighted by Crippen LogP contribution is 2.51. The van der Waals surface area contributed by atoms with Crippen LogP contribution >= 0.6 is 11.6 Å². The molecule has 2 saturated carbocycles. The molecule has 2 aliphatic carbocycles. The Kier molecular flexibility index (Phi) is 13.5. The number of nitrogens with zero attached hydrogens (tertiary/aromatic N) is 8. The highest BCUT2D eigenvalue weighted by molar-refractivity contribution is 6.33. The van der Waals surface area contributed by atoms with E-state index in [-0.39, 0.29) is 51.4 Å². The van der Waals surface area contributed by atoms with Gasteiger partial charge in [0.2, 0.25) is 5.88 Å². The lowest BCUT2D eigenvalue weighted by Crippen LogP contribution is -2.27. The second kappa shape index (κ2) is 19.2. The van der Waals surface area contributed by atoms with Gasteiger partial charge >= 0.3 is 0 Å². The summed E-state index contributed by atoms with van der Waals surface area (Å²) in [5.41, 5.74) is 20.2. The molecule has 2 aromatic carbocycles. The van der Waals surface area contributed by atoms with Gasteiger partial charge in [0.25, 0.3) is 0 Å². The van der Waals surface area contributed by atoms with Crippen molar-refractivity contribution < 1.29 is 23.7 Å². The van der Waals surface area contributed by atoms with Crippen LogP contribution in [0, 0.1) is 25.7 Å². The molecule has 0 spiro atoms. The van der Waals surface area contributed by atoms with Crippen molar-refractivity contribution in [2.75, 3.05) is 18.6 Å². The molecule has 0 amide bonds. The van der Waals surface area contributed by atoms with Crippen LogP contribution in [0.15, 0.2) is 85.7 Å². The summed E-state index contributed by atoms with van der Waals surface area (Å²) in [6.45, 7) is 12.0. The zero-order valence-electron chi connectivity index (χ0n) is 40.1. The molecular formula is C55H67ClN10O5. The maximum Gasteiger partial charge on any atom is 0.225 e. The van der Waals surface area contributed by atoms with E-state index in [9.17, 15) is 0 Å². The van der Waals surface area contributed by atoms with Crippen molar-refractivity contribution in [1.29, 1.82) is 0 Å². The van der Waals surface area contributed by atoms with Crippen molar-refractivity contribution in [3.8, 4) is 5.88 Å². The molecule has 374 valence electrons. The second-order valence-corrected chi connectivity index (χ2v) is 20.6. The minimum Gasteiger partial charge on any atom is -0.480 e. The lowest BCUT2D eigenvalue weighted by molar-refractivity contribution is -0.160. The van der Waals surface area contributed by atoms with Gasteiger partial charge in [0, 0.05) is 23.2 Å². The molecule has 2 aliphatic heterocycles. The molecule has 8 aromatic rings.